The number of halogens is 1. The lowest BCUT2D eigenvalue weighted by Crippen LogP contribution is -2.15. The second-order valence-electron chi connectivity index (χ2n) is 3.44. The van der Waals surface area contributed by atoms with Crippen LogP contribution in [0.25, 0.3) is 0 Å². The number of benzene rings is 1. The lowest BCUT2D eigenvalue weighted by molar-refractivity contribution is 0.0696. The summed E-state index contributed by atoms with van der Waals surface area (Å²) >= 11 is 3.19. The van der Waals surface area contributed by atoms with Crippen LogP contribution in [0, 0.1) is 6.92 Å². The van der Waals surface area contributed by atoms with Crippen LogP contribution in [-0.4, -0.2) is 23.8 Å². The van der Waals surface area contributed by atoms with Crippen molar-refractivity contribution in [1.82, 2.24) is 0 Å². The highest BCUT2D eigenvalue weighted by molar-refractivity contribution is 9.10. The fourth-order valence-electron chi connectivity index (χ4n) is 1.31. The van der Waals surface area contributed by atoms with Gasteiger partial charge < -0.3 is 9.84 Å². The molecule has 5 nitrogen and oxygen atoms in total. The van der Waals surface area contributed by atoms with Crippen molar-refractivity contribution in [3.63, 3.8) is 0 Å². The normalized spacial score (nSPS) is 9.67. The first-order chi connectivity index (χ1) is 8.45. The van der Waals surface area contributed by atoms with Crippen molar-refractivity contribution in [3.05, 3.63) is 40.4 Å². The molecule has 0 aliphatic heterocycles. The number of carboxylic acids is 1. The Bertz CT molecular complexity index is 499. The third kappa shape index (κ3) is 3.59. The van der Waals surface area contributed by atoms with Crippen LogP contribution < -0.4 is 5.32 Å². The summed E-state index contributed by atoms with van der Waals surface area (Å²) in [7, 11) is 0. The zero-order chi connectivity index (χ0) is 13.7. The van der Waals surface area contributed by atoms with Crippen LogP contribution >= 0.6 is 15.9 Å². The van der Waals surface area contributed by atoms with E-state index in [9.17, 15) is 9.59 Å². The molecule has 0 aliphatic rings. The van der Waals surface area contributed by atoms with E-state index in [2.05, 4.69) is 27.8 Å². The topological polar surface area (TPSA) is 75.6 Å². The maximum absolute atomic E-state index is 11.4. The molecular formula is C12H12BrNO4. The second kappa shape index (κ2) is 6.20. The van der Waals surface area contributed by atoms with Crippen molar-refractivity contribution < 1.29 is 19.4 Å². The summed E-state index contributed by atoms with van der Waals surface area (Å²) in [5, 5.41) is 11.5. The summed E-state index contributed by atoms with van der Waals surface area (Å²) in [5.74, 6) is -1.06. The van der Waals surface area contributed by atoms with Crippen molar-refractivity contribution >= 4 is 33.7 Å². The number of rotatable bonds is 4. The van der Waals surface area contributed by atoms with Crippen molar-refractivity contribution in [2.24, 2.45) is 0 Å². The predicted octanol–water partition coefficient (Wildman–Crippen LogP) is 3.19. The number of ether oxygens (including phenoxy) is 1. The average molecular weight is 314 g/mol. The van der Waals surface area contributed by atoms with Crippen molar-refractivity contribution in [2.45, 2.75) is 6.92 Å². The molecule has 2 N–H and O–H groups in total. The molecule has 0 aromatic heterocycles. The number of carbonyl (C=O) groups is 2. The van der Waals surface area contributed by atoms with E-state index in [1.165, 1.54) is 12.1 Å². The van der Waals surface area contributed by atoms with Crippen molar-refractivity contribution in [1.29, 1.82) is 0 Å². The van der Waals surface area contributed by atoms with Gasteiger partial charge in [-0.3, -0.25) is 5.32 Å². The van der Waals surface area contributed by atoms with Crippen LogP contribution in [0.3, 0.4) is 0 Å². The molecule has 96 valence electrons. The molecule has 0 fully saturated rings. The average Bonchev–Trinajstić information content (AvgIpc) is 2.30. The summed E-state index contributed by atoms with van der Waals surface area (Å²) in [6.45, 7) is 5.12. The lowest BCUT2D eigenvalue weighted by atomic mass is 10.1. The molecule has 0 heterocycles. The minimum Gasteiger partial charge on any atom is -0.478 e. The molecule has 0 saturated carbocycles. The Hall–Kier alpha value is -1.82. The van der Waals surface area contributed by atoms with E-state index in [0.29, 0.717) is 15.7 Å². The van der Waals surface area contributed by atoms with Crippen LogP contribution in [0.1, 0.15) is 15.9 Å². The minimum absolute atomic E-state index is 0.0880. The number of hydrogen-bond donors (Lipinski definition) is 2. The monoisotopic (exact) mass is 313 g/mol. The number of carboxylic acid groups (broad SMARTS) is 1. The van der Waals surface area contributed by atoms with E-state index < -0.39 is 12.1 Å². The highest BCUT2D eigenvalue weighted by Gasteiger charge is 2.14. The van der Waals surface area contributed by atoms with E-state index >= 15 is 0 Å². The number of aromatic carboxylic acids is 1. The Kier molecular flexibility index (Phi) is 4.91. The molecule has 1 aromatic carbocycles. The fourth-order valence-corrected chi connectivity index (χ4v) is 1.77. The quantitative estimate of drug-likeness (QED) is 0.837. The first-order valence-electron chi connectivity index (χ1n) is 5.03. The van der Waals surface area contributed by atoms with Crippen LogP contribution in [0.5, 0.6) is 0 Å². The van der Waals surface area contributed by atoms with Gasteiger partial charge in [0.05, 0.1) is 5.56 Å². The maximum atomic E-state index is 11.4. The van der Waals surface area contributed by atoms with Gasteiger partial charge in [-0.2, -0.15) is 0 Å². The second-order valence-corrected chi connectivity index (χ2v) is 4.36. The van der Waals surface area contributed by atoms with E-state index in [0.717, 1.165) is 0 Å². The summed E-state index contributed by atoms with van der Waals surface area (Å²) in [6, 6.07) is 3.08. The van der Waals surface area contributed by atoms with Gasteiger partial charge >= 0.3 is 12.1 Å². The third-order valence-electron chi connectivity index (χ3n) is 2.17. The molecular weight excluding hydrogens is 302 g/mol. The van der Waals surface area contributed by atoms with Gasteiger partial charge in [0.2, 0.25) is 0 Å². The van der Waals surface area contributed by atoms with Gasteiger partial charge in [-0.15, -0.1) is 0 Å². The molecule has 1 rings (SSSR count). The third-order valence-corrected chi connectivity index (χ3v) is 2.63. The highest BCUT2D eigenvalue weighted by atomic mass is 79.9. The van der Waals surface area contributed by atoms with Gasteiger partial charge in [0.1, 0.15) is 6.61 Å². The number of hydrogen-bond acceptors (Lipinski definition) is 3. The molecule has 0 unspecified atom stereocenters. The molecule has 18 heavy (non-hydrogen) atoms. The van der Waals surface area contributed by atoms with Crippen LogP contribution in [0.2, 0.25) is 0 Å². The van der Waals surface area contributed by atoms with Crippen LogP contribution in [0.15, 0.2) is 29.3 Å². The maximum Gasteiger partial charge on any atom is 0.411 e. The lowest BCUT2D eigenvalue weighted by Gasteiger charge is -2.11. The van der Waals surface area contributed by atoms with E-state index in [1.807, 2.05) is 0 Å². The molecule has 6 heteroatoms. The molecule has 0 atom stereocenters. The van der Waals surface area contributed by atoms with E-state index in [4.69, 9.17) is 9.84 Å². The van der Waals surface area contributed by atoms with Crippen LogP contribution in [0.4, 0.5) is 10.5 Å². The molecule has 0 bridgehead atoms. The van der Waals surface area contributed by atoms with Crippen molar-refractivity contribution in [3.8, 4) is 0 Å². The number of amides is 1. The standard InChI is InChI=1S/C12H12BrNO4/c1-3-4-18-12(17)14-10-6-8(13)5-9(7(10)2)11(15)16/h3,5-6H,1,4H2,2H3,(H,14,17)(H,15,16). The largest absolute Gasteiger partial charge is 0.478 e. The van der Waals surface area contributed by atoms with Gasteiger partial charge in [-0.25, -0.2) is 9.59 Å². The van der Waals surface area contributed by atoms with Gasteiger partial charge in [0, 0.05) is 10.2 Å². The number of anilines is 1. The number of carbonyl (C=O) groups excluding carboxylic acids is 1. The first kappa shape index (κ1) is 14.2. The molecule has 0 saturated heterocycles. The van der Waals surface area contributed by atoms with Crippen LogP contribution in [-0.2, 0) is 4.74 Å². The zero-order valence-electron chi connectivity index (χ0n) is 9.70. The SMILES string of the molecule is C=CCOC(=O)Nc1cc(Br)cc(C(=O)O)c1C. The Morgan fingerprint density at radius 2 is 2.22 bits per heavy atom. The Labute approximate surface area is 113 Å². The Balaban J connectivity index is 2.98. The Morgan fingerprint density at radius 3 is 2.78 bits per heavy atom. The van der Waals surface area contributed by atoms with Gasteiger partial charge in [0.15, 0.2) is 0 Å². The summed E-state index contributed by atoms with van der Waals surface area (Å²) in [6.07, 6.45) is 0.781. The minimum atomic E-state index is -1.06. The van der Waals surface area contributed by atoms with Gasteiger partial charge in [-0.05, 0) is 24.6 Å². The number of nitrogens with one attached hydrogen (secondary N) is 1. The smallest absolute Gasteiger partial charge is 0.411 e. The fraction of sp³-hybridized carbons (Fsp3) is 0.167. The molecule has 1 amide bonds. The molecule has 0 spiro atoms. The molecule has 1 aromatic rings. The zero-order valence-corrected chi connectivity index (χ0v) is 11.3. The highest BCUT2D eigenvalue weighted by Crippen LogP contribution is 2.25. The van der Waals surface area contributed by atoms with Gasteiger partial charge in [-0.1, -0.05) is 28.6 Å². The van der Waals surface area contributed by atoms with E-state index in [-0.39, 0.29) is 12.2 Å². The van der Waals surface area contributed by atoms with E-state index in [1.54, 1.807) is 13.0 Å². The summed E-state index contributed by atoms with van der Waals surface area (Å²) in [5.41, 5.74) is 0.959. The molecule has 0 radical (unpaired) electrons. The predicted molar refractivity (Wildman–Crippen MR) is 71.0 cm³/mol. The Morgan fingerprint density at radius 1 is 1.56 bits per heavy atom. The summed E-state index contributed by atoms with van der Waals surface area (Å²) < 4.78 is 5.32. The van der Waals surface area contributed by atoms with Crippen molar-refractivity contribution in [2.75, 3.05) is 11.9 Å². The van der Waals surface area contributed by atoms with Gasteiger partial charge in [0.25, 0.3) is 0 Å². The first-order valence-corrected chi connectivity index (χ1v) is 5.83. The molecule has 0 aliphatic carbocycles. The summed E-state index contributed by atoms with van der Waals surface area (Å²) in [4.78, 5) is 22.4.